The van der Waals surface area contributed by atoms with E-state index in [0.717, 1.165) is 16.8 Å². The summed E-state index contributed by atoms with van der Waals surface area (Å²) in [6.45, 7) is 1.96. The van der Waals surface area contributed by atoms with Crippen LogP contribution in [0.2, 0.25) is 0 Å². The highest BCUT2D eigenvalue weighted by molar-refractivity contribution is 8.18. The number of nitrogens with zero attached hydrogens (tertiary/aromatic N) is 1. The number of thioether (sulfide) groups is 1. The fraction of sp³-hybridized carbons (Fsp3) is 0.158. The zero-order valence-electron chi connectivity index (χ0n) is 14.2. The number of aliphatic imine (C=N–C) groups is 1. The molecule has 2 aromatic rings. The molecule has 1 saturated heterocycles. The van der Waals surface area contributed by atoms with Crippen molar-refractivity contribution in [2.45, 2.75) is 6.92 Å². The van der Waals surface area contributed by atoms with Crippen LogP contribution in [0.25, 0.3) is 6.08 Å². The lowest BCUT2D eigenvalue weighted by Gasteiger charge is -2.10. The number of carbonyl (C=O) groups is 1. The maximum Gasteiger partial charge on any atom is 0.264 e. The van der Waals surface area contributed by atoms with Crippen LogP contribution in [0.5, 0.6) is 11.5 Å². The number of benzene rings is 2. The van der Waals surface area contributed by atoms with Gasteiger partial charge >= 0.3 is 0 Å². The van der Waals surface area contributed by atoms with Crippen LogP contribution in [0.4, 0.5) is 5.69 Å². The van der Waals surface area contributed by atoms with Gasteiger partial charge in [0.15, 0.2) is 16.7 Å². The maximum atomic E-state index is 12.2. The molecule has 0 saturated carbocycles. The van der Waals surface area contributed by atoms with E-state index in [1.54, 1.807) is 14.2 Å². The van der Waals surface area contributed by atoms with Gasteiger partial charge in [0.2, 0.25) is 0 Å². The molecule has 1 aliphatic heterocycles. The summed E-state index contributed by atoms with van der Waals surface area (Å²) in [4.78, 5) is 17.3. The molecule has 0 aromatic heterocycles. The predicted molar refractivity (Wildman–Crippen MR) is 102 cm³/mol. The van der Waals surface area contributed by atoms with Crippen LogP contribution in [-0.2, 0) is 4.79 Å². The summed E-state index contributed by atoms with van der Waals surface area (Å²) in [5.74, 6) is 1.13. The third kappa shape index (κ3) is 3.85. The number of carbonyl (C=O) groups excluding carboxylic acids is 1. The van der Waals surface area contributed by atoms with Gasteiger partial charge in [-0.15, -0.1) is 0 Å². The normalized spacial score (nSPS) is 17.0. The van der Waals surface area contributed by atoms with Crippen molar-refractivity contribution < 1.29 is 14.3 Å². The summed E-state index contributed by atoms with van der Waals surface area (Å²) in [6, 6.07) is 13.3. The second-order valence-corrected chi connectivity index (χ2v) is 6.41. The van der Waals surface area contributed by atoms with Gasteiger partial charge in [-0.2, -0.15) is 0 Å². The Bertz CT molecular complexity index is 860. The van der Waals surface area contributed by atoms with Crippen molar-refractivity contribution in [3.05, 3.63) is 58.5 Å². The van der Waals surface area contributed by atoms with E-state index in [0.29, 0.717) is 21.6 Å². The zero-order chi connectivity index (χ0) is 17.8. The van der Waals surface area contributed by atoms with E-state index >= 15 is 0 Å². The fourth-order valence-electron chi connectivity index (χ4n) is 2.39. The van der Waals surface area contributed by atoms with Crippen LogP contribution in [0.15, 0.2) is 52.4 Å². The van der Waals surface area contributed by atoms with E-state index in [4.69, 9.17) is 9.47 Å². The molecule has 0 atom stereocenters. The molecule has 0 bridgehead atoms. The van der Waals surface area contributed by atoms with Crippen molar-refractivity contribution >= 4 is 34.6 Å². The van der Waals surface area contributed by atoms with Crippen LogP contribution in [-0.4, -0.2) is 25.3 Å². The van der Waals surface area contributed by atoms with Gasteiger partial charge in [-0.05, 0) is 60.2 Å². The first-order chi connectivity index (χ1) is 12.1. The van der Waals surface area contributed by atoms with Crippen molar-refractivity contribution in [2.75, 3.05) is 14.2 Å². The molecule has 0 aliphatic carbocycles. The number of rotatable bonds is 4. The highest BCUT2D eigenvalue weighted by Crippen LogP contribution is 2.34. The lowest BCUT2D eigenvalue weighted by molar-refractivity contribution is -0.115. The van der Waals surface area contributed by atoms with Gasteiger partial charge in [0.25, 0.3) is 5.91 Å². The van der Waals surface area contributed by atoms with E-state index in [1.807, 2.05) is 55.5 Å². The van der Waals surface area contributed by atoms with E-state index in [1.165, 1.54) is 11.8 Å². The quantitative estimate of drug-likeness (QED) is 0.846. The molecule has 5 nitrogen and oxygen atoms in total. The zero-order valence-corrected chi connectivity index (χ0v) is 15.0. The van der Waals surface area contributed by atoms with Crippen LogP contribution in [0, 0.1) is 6.92 Å². The SMILES string of the molecule is COc1cc(C)c(/C=C2\SC(=Nc3ccccc3)NC2=O)cc1OC. The first-order valence-corrected chi connectivity index (χ1v) is 8.49. The largest absolute Gasteiger partial charge is 0.493 e. The van der Waals surface area contributed by atoms with Gasteiger partial charge in [-0.1, -0.05) is 18.2 Å². The Hall–Kier alpha value is -2.73. The molecular formula is C19H18N2O3S. The second-order valence-electron chi connectivity index (χ2n) is 5.38. The Morgan fingerprint density at radius 2 is 1.76 bits per heavy atom. The summed E-state index contributed by atoms with van der Waals surface area (Å²) in [5.41, 5.74) is 2.69. The third-order valence-electron chi connectivity index (χ3n) is 3.70. The summed E-state index contributed by atoms with van der Waals surface area (Å²) in [6.07, 6.45) is 1.84. The number of amidine groups is 1. The molecule has 1 aliphatic rings. The number of methoxy groups -OCH3 is 2. The van der Waals surface area contributed by atoms with Gasteiger partial charge < -0.3 is 14.8 Å². The van der Waals surface area contributed by atoms with Crippen molar-refractivity contribution in [2.24, 2.45) is 4.99 Å². The molecule has 3 rings (SSSR count). The van der Waals surface area contributed by atoms with Crippen molar-refractivity contribution in [3.8, 4) is 11.5 Å². The van der Waals surface area contributed by atoms with Gasteiger partial charge in [-0.25, -0.2) is 4.99 Å². The smallest absolute Gasteiger partial charge is 0.264 e. The second kappa shape index (κ2) is 7.44. The number of nitrogens with one attached hydrogen (secondary N) is 1. The van der Waals surface area contributed by atoms with Gasteiger partial charge in [0.05, 0.1) is 24.8 Å². The van der Waals surface area contributed by atoms with Gasteiger partial charge in [-0.3, -0.25) is 4.79 Å². The number of aryl methyl sites for hydroxylation is 1. The van der Waals surface area contributed by atoms with E-state index < -0.39 is 0 Å². The molecule has 0 radical (unpaired) electrons. The van der Waals surface area contributed by atoms with Crippen LogP contribution < -0.4 is 14.8 Å². The molecule has 25 heavy (non-hydrogen) atoms. The van der Waals surface area contributed by atoms with Gasteiger partial charge in [0.1, 0.15) is 0 Å². The topological polar surface area (TPSA) is 59.9 Å². The molecule has 128 valence electrons. The minimum Gasteiger partial charge on any atom is -0.493 e. The molecular weight excluding hydrogens is 336 g/mol. The number of hydrogen-bond donors (Lipinski definition) is 1. The monoisotopic (exact) mass is 354 g/mol. The maximum absolute atomic E-state index is 12.2. The Balaban J connectivity index is 1.89. The van der Waals surface area contributed by atoms with E-state index in [2.05, 4.69) is 10.3 Å². The van der Waals surface area contributed by atoms with Crippen molar-refractivity contribution in [1.82, 2.24) is 5.32 Å². The summed E-state index contributed by atoms with van der Waals surface area (Å²) in [7, 11) is 3.19. The Labute approximate surface area is 150 Å². The molecule has 6 heteroatoms. The average Bonchev–Trinajstić information content (AvgIpc) is 2.96. The van der Waals surface area contributed by atoms with Crippen LogP contribution >= 0.6 is 11.8 Å². The molecule has 1 fully saturated rings. The highest BCUT2D eigenvalue weighted by atomic mass is 32.2. The lowest BCUT2D eigenvalue weighted by atomic mass is 10.1. The summed E-state index contributed by atoms with van der Waals surface area (Å²) >= 11 is 1.32. The lowest BCUT2D eigenvalue weighted by Crippen LogP contribution is -2.19. The average molecular weight is 354 g/mol. The Morgan fingerprint density at radius 1 is 1.08 bits per heavy atom. The molecule has 1 N–H and O–H groups in total. The van der Waals surface area contributed by atoms with Gasteiger partial charge in [0, 0.05) is 0 Å². The Kier molecular flexibility index (Phi) is 5.09. The number of amides is 1. The minimum atomic E-state index is -0.158. The molecule has 0 unspecified atom stereocenters. The van der Waals surface area contributed by atoms with E-state index in [-0.39, 0.29) is 5.91 Å². The third-order valence-corrected chi connectivity index (χ3v) is 4.61. The first kappa shape index (κ1) is 17.1. The number of ether oxygens (including phenoxy) is 2. The molecule has 2 aromatic carbocycles. The first-order valence-electron chi connectivity index (χ1n) is 7.68. The van der Waals surface area contributed by atoms with Crippen LogP contribution in [0.3, 0.4) is 0 Å². The van der Waals surface area contributed by atoms with Crippen molar-refractivity contribution in [1.29, 1.82) is 0 Å². The summed E-state index contributed by atoms with van der Waals surface area (Å²) < 4.78 is 10.6. The summed E-state index contributed by atoms with van der Waals surface area (Å²) in [5, 5.41) is 3.36. The fourth-order valence-corrected chi connectivity index (χ4v) is 3.23. The Morgan fingerprint density at radius 3 is 2.44 bits per heavy atom. The highest BCUT2D eigenvalue weighted by Gasteiger charge is 2.24. The van der Waals surface area contributed by atoms with E-state index in [9.17, 15) is 4.79 Å². The van der Waals surface area contributed by atoms with Crippen LogP contribution in [0.1, 0.15) is 11.1 Å². The minimum absolute atomic E-state index is 0.158. The standard InChI is InChI=1S/C19H18N2O3S/c1-12-9-15(23-2)16(24-3)10-13(12)11-17-18(22)21-19(25-17)20-14-7-5-4-6-8-14/h4-11H,1-3H3,(H,20,21,22)/b17-11-. The molecule has 1 heterocycles. The number of hydrogen-bond acceptors (Lipinski definition) is 5. The predicted octanol–water partition coefficient (Wildman–Crippen LogP) is 3.90. The molecule has 0 spiro atoms. The molecule has 1 amide bonds. The number of para-hydroxylation sites is 1. The van der Waals surface area contributed by atoms with Crippen molar-refractivity contribution in [3.63, 3.8) is 0 Å².